The largest absolute Gasteiger partial charge is 4.00 e. The second-order valence-corrected chi connectivity index (χ2v) is 9.74. The molecule has 0 radical (unpaired) electrons. The normalized spacial score (nSPS) is 10.4. The van der Waals surface area contributed by atoms with Crippen molar-refractivity contribution in [3.63, 3.8) is 0 Å². The van der Waals surface area contributed by atoms with E-state index in [1.807, 2.05) is 0 Å². The van der Waals surface area contributed by atoms with Crippen molar-refractivity contribution in [3.05, 3.63) is 134 Å². The average molecular weight is 574 g/mol. The number of benzene rings is 3. The summed E-state index contributed by atoms with van der Waals surface area (Å²) in [4.78, 5) is 0. The van der Waals surface area contributed by atoms with E-state index in [9.17, 15) is 0 Å². The summed E-state index contributed by atoms with van der Waals surface area (Å²) in [5.41, 5.74) is 14.3. The van der Waals surface area contributed by atoms with Crippen LogP contribution in [0.15, 0.2) is 72.8 Å². The van der Waals surface area contributed by atoms with Crippen LogP contribution in [0.25, 0.3) is 0 Å². The summed E-state index contributed by atoms with van der Waals surface area (Å²) in [6.45, 7) is 15.5. The number of rotatable bonds is 5. The molecular weight excluding hydrogens is 539 g/mol. The Morgan fingerprint density at radius 1 is 0.556 bits per heavy atom. The third-order valence-electron chi connectivity index (χ3n) is 6.62. The molecule has 4 rings (SSSR count). The van der Waals surface area contributed by atoms with Gasteiger partial charge in [0.05, 0.1) is 0 Å². The van der Waals surface area contributed by atoms with Gasteiger partial charge in [0.1, 0.15) is 0 Å². The SMILES string of the molecule is CCc1cc[c-](C(c2cc(C)cc(C)c2)(c2cc(C)cc(C)c2)c2cc(C)cc(C)c2)c1.[Cl-].[Cl-].[Cl-].[Ti+4]. The quantitative estimate of drug-likeness (QED) is 0.167. The van der Waals surface area contributed by atoms with Crippen molar-refractivity contribution < 1.29 is 58.9 Å². The zero-order valence-corrected chi connectivity index (χ0v) is 26.1. The van der Waals surface area contributed by atoms with Gasteiger partial charge in [-0.15, -0.1) is 5.56 Å². The van der Waals surface area contributed by atoms with Crippen LogP contribution in [0.3, 0.4) is 0 Å². The molecular formula is C32H35Cl3Ti. The van der Waals surface area contributed by atoms with Crippen LogP contribution >= 0.6 is 0 Å². The van der Waals surface area contributed by atoms with Crippen molar-refractivity contribution in [1.29, 1.82) is 0 Å². The van der Waals surface area contributed by atoms with Gasteiger partial charge in [0.25, 0.3) is 0 Å². The minimum Gasteiger partial charge on any atom is -1.00 e. The van der Waals surface area contributed by atoms with Gasteiger partial charge in [0.2, 0.25) is 0 Å². The summed E-state index contributed by atoms with van der Waals surface area (Å²) in [6.07, 6.45) is 1.04. The number of halogens is 3. The van der Waals surface area contributed by atoms with Gasteiger partial charge in [-0.25, -0.2) is 6.07 Å². The van der Waals surface area contributed by atoms with Crippen LogP contribution in [0.5, 0.6) is 0 Å². The molecule has 0 fully saturated rings. The number of aryl methyl sites for hydroxylation is 7. The molecule has 0 atom stereocenters. The molecule has 36 heavy (non-hydrogen) atoms. The van der Waals surface area contributed by atoms with Gasteiger partial charge in [-0.05, 0) is 58.2 Å². The van der Waals surface area contributed by atoms with Gasteiger partial charge in [0.15, 0.2) is 0 Å². The predicted octanol–water partition coefficient (Wildman–Crippen LogP) is -0.789. The summed E-state index contributed by atoms with van der Waals surface area (Å²) >= 11 is 0. The maximum absolute atomic E-state index is 2.42. The molecule has 0 aliphatic carbocycles. The van der Waals surface area contributed by atoms with Crippen molar-refractivity contribution in [2.75, 3.05) is 0 Å². The smallest absolute Gasteiger partial charge is 1.00 e. The van der Waals surface area contributed by atoms with E-state index in [0.29, 0.717) is 0 Å². The maximum Gasteiger partial charge on any atom is 4.00 e. The molecule has 0 saturated heterocycles. The van der Waals surface area contributed by atoms with E-state index in [2.05, 4.69) is 121 Å². The van der Waals surface area contributed by atoms with Crippen molar-refractivity contribution in [2.45, 2.75) is 60.3 Å². The van der Waals surface area contributed by atoms with Crippen LogP contribution < -0.4 is 37.2 Å². The van der Waals surface area contributed by atoms with Crippen LogP contribution in [0.1, 0.15) is 68.1 Å². The Hall–Kier alpha value is -1.41. The minimum atomic E-state index is -0.363. The molecule has 0 heterocycles. The molecule has 4 aromatic rings. The second kappa shape index (κ2) is 13.9. The Kier molecular flexibility index (Phi) is 13.4. The van der Waals surface area contributed by atoms with E-state index in [0.717, 1.165) is 6.42 Å². The van der Waals surface area contributed by atoms with Gasteiger partial charge in [0, 0.05) is 5.41 Å². The molecule has 0 unspecified atom stereocenters. The van der Waals surface area contributed by atoms with E-state index < -0.39 is 0 Å². The van der Waals surface area contributed by atoms with Gasteiger partial charge in [-0.2, -0.15) is 17.7 Å². The van der Waals surface area contributed by atoms with Gasteiger partial charge < -0.3 is 37.2 Å². The standard InChI is InChI=1S/C32H35.3ClH.Ti/c1-8-27-9-10-28(20-27)32(29-14-21(2)11-22(3)15-29,30-16-23(4)12-24(5)17-30)31-18-25(6)13-26(7)19-31;;;;/h9-20H,8H2,1-7H3;3*1H;/q-1;;;;+4/p-3. The summed E-state index contributed by atoms with van der Waals surface area (Å²) in [7, 11) is 0. The third kappa shape index (κ3) is 6.72. The summed E-state index contributed by atoms with van der Waals surface area (Å²) in [5, 5.41) is 0. The number of hydrogen-bond donors (Lipinski definition) is 0. The van der Waals surface area contributed by atoms with E-state index in [4.69, 9.17) is 0 Å². The average Bonchev–Trinajstić information content (AvgIpc) is 3.16. The van der Waals surface area contributed by atoms with E-state index >= 15 is 0 Å². The van der Waals surface area contributed by atoms with Crippen molar-refractivity contribution >= 4 is 0 Å². The van der Waals surface area contributed by atoms with Crippen LogP contribution in [-0.4, -0.2) is 0 Å². The Morgan fingerprint density at radius 2 is 0.861 bits per heavy atom. The van der Waals surface area contributed by atoms with E-state index in [1.54, 1.807) is 0 Å². The fourth-order valence-electron chi connectivity index (χ4n) is 5.52. The molecule has 0 saturated carbocycles. The first kappa shape index (κ1) is 34.6. The first-order valence-corrected chi connectivity index (χ1v) is 11.7. The topological polar surface area (TPSA) is 0 Å². The van der Waals surface area contributed by atoms with Gasteiger partial charge in [-0.1, -0.05) is 101 Å². The fraction of sp³-hybridized carbons (Fsp3) is 0.281. The van der Waals surface area contributed by atoms with E-state index in [1.165, 1.54) is 61.2 Å². The van der Waals surface area contributed by atoms with Crippen molar-refractivity contribution in [2.24, 2.45) is 0 Å². The molecule has 0 aliphatic rings. The number of hydrogen-bond acceptors (Lipinski definition) is 0. The molecule has 0 nitrogen and oxygen atoms in total. The zero-order valence-electron chi connectivity index (χ0n) is 22.3. The summed E-state index contributed by atoms with van der Waals surface area (Å²) in [6, 6.07) is 28.3. The Balaban J connectivity index is 0.00000306. The third-order valence-corrected chi connectivity index (χ3v) is 6.62. The Bertz CT molecular complexity index is 1100. The first-order chi connectivity index (χ1) is 15.2. The first-order valence-electron chi connectivity index (χ1n) is 11.7. The summed E-state index contributed by atoms with van der Waals surface area (Å²) < 4.78 is 0. The molecule has 0 aliphatic heterocycles. The molecule has 4 aromatic carbocycles. The van der Waals surface area contributed by atoms with Crippen LogP contribution in [-0.2, 0) is 33.6 Å². The van der Waals surface area contributed by atoms with Crippen LogP contribution in [0.4, 0.5) is 0 Å². The minimum absolute atomic E-state index is 0. The predicted molar refractivity (Wildman–Crippen MR) is 138 cm³/mol. The van der Waals surface area contributed by atoms with Gasteiger partial charge >= 0.3 is 21.7 Å². The molecule has 0 bridgehead atoms. The zero-order chi connectivity index (χ0) is 23.0. The Morgan fingerprint density at radius 3 is 1.11 bits per heavy atom. The maximum atomic E-state index is 2.42. The van der Waals surface area contributed by atoms with E-state index in [-0.39, 0.29) is 64.4 Å². The van der Waals surface area contributed by atoms with Crippen LogP contribution in [0, 0.1) is 41.5 Å². The fourth-order valence-corrected chi connectivity index (χ4v) is 5.52. The molecule has 188 valence electrons. The van der Waals surface area contributed by atoms with Crippen molar-refractivity contribution in [3.8, 4) is 0 Å². The Labute approximate surface area is 251 Å². The molecule has 0 N–H and O–H groups in total. The molecule has 0 aromatic heterocycles. The van der Waals surface area contributed by atoms with Crippen molar-refractivity contribution in [1.82, 2.24) is 0 Å². The summed E-state index contributed by atoms with van der Waals surface area (Å²) in [5.74, 6) is 0. The second-order valence-electron chi connectivity index (χ2n) is 9.74. The monoisotopic (exact) mass is 572 g/mol. The van der Waals surface area contributed by atoms with Gasteiger partial charge in [-0.3, -0.25) is 0 Å². The van der Waals surface area contributed by atoms with Crippen LogP contribution in [0.2, 0.25) is 0 Å². The molecule has 0 amide bonds. The molecule has 4 heteroatoms. The molecule has 0 spiro atoms.